The van der Waals surface area contributed by atoms with Crippen molar-refractivity contribution in [2.24, 2.45) is 11.8 Å². The fraction of sp³-hybridized carbons (Fsp3) is 1.00. The summed E-state index contributed by atoms with van der Waals surface area (Å²) in [7, 11) is 4.31. The van der Waals surface area contributed by atoms with Crippen LogP contribution in [0, 0.1) is 11.8 Å². The molecule has 2 heteroatoms. The molecule has 1 saturated carbocycles. The summed E-state index contributed by atoms with van der Waals surface area (Å²) >= 11 is 0. The zero-order valence-electron chi connectivity index (χ0n) is 12.5. The van der Waals surface area contributed by atoms with Crippen LogP contribution in [0.1, 0.15) is 52.9 Å². The lowest BCUT2D eigenvalue weighted by Crippen LogP contribution is -2.41. The van der Waals surface area contributed by atoms with Crippen molar-refractivity contribution < 1.29 is 0 Å². The van der Waals surface area contributed by atoms with E-state index in [-0.39, 0.29) is 0 Å². The number of hydrogen-bond donors (Lipinski definition) is 1. The Balaban J connectivity index is 2.31. The van der Waals surface area contributed by atoms with E-state index in [1.165, 1.54) is 32.1 Å². The van der Waals surface area contributed by atoms with Crippen LogP contribution in [-0.2, 0) is 0 Å². The van der Waals surface area contributed by atoms with E-state index < -0.39 is 0 Å². The molecule has 1 fully saturated rings. The highest BCUT2D eigenvalue weighted by Crippen LogP contribution is 2.28. The molecule has 1 N–H and O–H groups in total. The summed E-state index contributed by atoms with van der Waals surface area (Å²) in [5.41, 5.74) is 0. The molecule has 0 aromatic rings. The molecule has 0 heterocycles. The van der Waals surface area contributed by atoms with Crippen molar-refractivity contribution in [1.82, 2.24) is 10.2 Å². The van der Waals surface area contributed by atoms with Crippen molar-refractivity contribution in [3.8, 4) is 0 Å². The van der Waals surface area contributed by atoms with Crippen molar-refractivity contribution in [2.75, 3.05) is 20.6 Å². The molecule has 2 nitrogen and oxygen atoms in total. The molecule has 0 amide bonds. The van der Waals surface area contributed by atoms with Crippen molar-refractivity contribution in [1.29, 1.82) is 0 Å². The number of nitrogens with zero attached hydrogens (tertiary/aromatic N) is 1. The molecule has 1 rings (SSSR count). The summed E-state index contributed by atoms with van der Waals surface area (Å²) in [5.74, 6) is 1.83. The molecular weight excluding hydrogens is 208 g/mol. The minimum absolute atomic E-state index is 0.616. The van der Waals surface area contributed by atoms with Gasteiger partial charge in [-0.2, -0.15) is 0 Å². The minimum atomic E-state index is 0.616. The molecule has 1 aliphatic carbocycles. The van der Waals surface area contributed by atoms with Crippen LogP contribution in [0.2, 0.25) is 0 Å². The van der Waals surface area contributed by atoms with Gasteiger partial charge in [-0.1, -0.05) is 26.7 Å². The van der Waals surface area contributed by atoms with Gasteiger partial charge in [0.25, 0.3) is 0 Å². The van der Waals surface area contributed by atoms with Crippen LogP contribution in [0.15, 0.2) is 0 Å². The second-order valence-electron chi connectivity index (χ2n) is 6.54. The first-order valence-electron chi connectivity index (χ1n) is 7.39. The van der Waals surface area contributed by atoms with Gasteiger partial charge in [-0.15, -0.1) is 0 Å². The van der Waals surface area contributed by atoms with E-state index >= 15 is 0 Å². The Hall–Kier alpha value is -0.0800. The molecule has 0 aromatic carbocycles. The number of rotatable bonds is 5. The van der Waals surface area contributed by atoms with E-state index in [1.807, 2.05) is 0 Å². The summed E-state index contributed by atoms with van der Waals surface area (Å²) in [6, 6.07) is 1.37. The highest BCUT2D eigenvalue weighted by Gasteiger charge is 2.21. The Labute approximate surface area is 108 Å². The molecule has 17 heavy (non-hydrogen) atoms. The standard InChI is InChI=1S/C15H32N2/c1-12(2)14-7-6-8-15(10-9-14)16-13(3)11-17(4)5/h12-16H,6-11H2,1-5H3. The van der Waals surface area contributed by atoms with Gasteiger partial charge in [0.05, 0.1) is 0 Å². The van der Waals surface area contributed by atoms with E-state index in [0.717, 1.165) is 24.4 Å². The predicted octanol–water partition coefficient (Wildman–Crippen LogP) is 3.13. The highest BCUT2D eigenvalue weighted by molar-refractivity contribution is 4.79. The van der Waals surface area contributed by atoms with Gasteiger partial charge >= 0.3 is 0 Å². The summed E-state index contributed by atoms with van der Waals surface area (Å²) in [5, 5.41) is 3.81. The maximum atomic E-state index is 3.81. The molecule has 0 spiro atoms. The van der Waals surface area contributed by atoms with E-state index in [1.54, 1.807) is 0 Å². The second-order valence-corrected chi connectivity index (χ2v) is 6.54. The largest absolute Gasteiger partial charge is 0.310 e. The predicted molar refractivity (Wildman–Crippen MR) is 76.4 cm³/mol. The summed E-state index contributed by atoms with van der Waals surface area (Å²) < 4.78 is 0. The third-order valence-corrected chi connectivity index (χ3v) is 4.12. The summed E-state index contributed by atoms with van der Waals surface area (Å²) in [4.78, 5) is 2.27. The molecule has 3 unspecified atom stereocenters. The Kier molecular flexibility index (Phi) is 6.50. The lowest BCUT2D eigenvalue weighted by molar-refractivity contribution is 0.309. The first-order chi connectivity index (χ1) is 7.99. The maximum absolute atomic E-state index is 3.81. The van der Waals surface area contributed by atoms with Crippen LogP contribution in [0.3, 0.4) is 0 Å². The van der Waals surface area contributed by atoms with Gasteiger partial charge in [-0.25, -0.2) is 0 Å². The van der Waals surface area contributed by atoms with Gasteiger partial charge in [0.15, 0.2) is 0 Å². The van der Waals surface area contributed by atoms with Gasteiger partial charge < -0.3 is 10.2 Å². The molecule has 0 bridgehead atoms. The number of nitrogens with one attached hydrogen (secondary N) is 1. The third-order valence-electron chi connectivity index (χ3n) is 4.12. The molecule has 1 aliphatic rings. The molecule has 3 atom stereocenters. The molecule has 102 valence electrons. The van der Waals surface area contributed by atoms with Crippen LogP contribution in [-0.4, -0.2) is 37.6 Å². The highest BCUT2D eigenvalue weighted by atomic mass is 15.1. The van der Waals surface area contributed by atoms with Crippen LogP contribution in [0.4, 0.5) is 0 Å². The van der Waals surface area contributed by atoms with E-state index in [9.17, 15) is 0 Å². The Morgan fingerprint density at radius 2 is 1.76 bits per heavy atom. The molecule has 0 radical (unpaired) electrons. The zero-order valence-corrected chi connectivity index (χ0v) is 12.5. The first-order valence-corrected chi connectivity index (χ1v) is 7.39. The first kappa shape index (κ1) is 15.0. The number of likely N-dealkylation sites (N-methyl/N-ethyl adjacent to an activating group) is 1. The van der Waals surface area contributed by atoms with Gasteiger partial charge in [0.1, 0.15) is 0 Å². The molecule has 0 aromatic heterocycles. The topological polar surface area (TPSA) is 15.3 Å². The van der Waals surface area contributed by atoms with Gasteiger partial charge in [-0.3, -0.25) is 0 Å². The average molecular weight is 240 g/mol. The monoisotopic (exact) mass is 240 g/mol. The van der Waals surface area contributed by atoms with Crippen LogP contribution in [0.5, 0.6) is 0 Å². The lowest BCUT2D eigenvalue weighted by Gasteiger charge is -2.24. The molecule has 0 saturated heterocycles. The van der Waals surface area contributed by atoms with Crippen molar-refractivity contribution in [2.45, 2.75) is 65.0 Å². The van der Waals surface area contributed by atoms with Crippen molar-refractivity contribution in [3.63, 3.8) is 0 Å². The van der Waals surface area contributed by atoms with E-state index in [4.69, 9.17) is 0 Å². The Bertz CT molecular complexity index is 201. The zero-order chi connectivity index (χ0) is 12.8. The fourth-order valence-corrected chi connectivity index (χ4v) is 3.17. The Morgan fingerprint density at radius 3 is 2.35 bits per heavy atom. The van der Waals surface area contributed by atoms with Crippen molar-refractivity contribution in [3.05, 3.63) is 0 Å². The Morgan fingerprint density at radius 1 is 1.06 bits per heavy atom. The fourth-order valence-electron chi connectivity index (χ4n) is 3.17. The number of hydrogen-bond acceptors (Lipinski definition) is 2. The van der Waals surface area contributed by atoms with Crippen LogP contribution < -0.4 is 5.32 Å². The van der Waals surface area contributed by atoms with Gasteiger partial charge in [0.2, 0.25) is 0 Å². The normalized spacial score (nSPS) is 28.4. The van der Waals surface area contributed by atoms with Crippen LogP contribution in [0.25, 0.3) is 0 Å². The molecule has 0 aliphatic heterocycles. The second kappa shape index (κ2) is 7.38. The van der Waals surface area contributed by atoms with Crippen LogP contribution >= 0.6 is 0 Å². The minimum Gasteiger partial charge on any atom is -0.310 e. The smallest absolute Gasteiger partial charge is 0.0169 e. The maximum Gasteiger partial charge on any atom is 0.0169 e. The quantitative estimate of drug-likeness (QED) is 0.743. The lowest BCUT2D eigenvalue weighted by atomic mass is 9.89. The van der Waals surface area contributed by atoms with E-state index in [2.05, 4.69) is 45.1 Å². The molecular formula is C15H32N2. The van der Waals surface area contributed by atoms with Crippen molar-refractivity contribution >= 4 is 0 Å². The van der Waals surface area contributed by atoms with Gasteiger partial charge in [-0.05, 0) is 52.1 Å². The SMILES string of the molecule is CC(CN(C)C)NC1CCCC(C(C)C)CC1. The summed E-state index contributed by atoms with van der Waals surface area (Å²) in [6.45, 7) is 8.22. The van der Waals surface area contributed by atoms with E-state index in [0.29, 0.717) is 6.04 Å². The third kappa shape index (κ3) is 5.87. The van der Waals surface area contributed by atoms with Gasteiger partial charge in [0, 0.05) is 18.6 Å². The average Bonchev–Trinajstić information content (AvgIpc) is 2.41. The summed E-state index contributed by atoms with van der Waals surface area (Å²) in [6.07, 6.45) is 7.03.